The van der Waals surface area contributed by atoms with Gasteiger partial charge in [-0.3, -0.25) is 4.79 Å². The second kappa shape index (κ2) is 7.50. The van der Waals surface area contributed by atoms with Crippen molar-refractivity contribution in [1.82, 2.24) is 0 Å². The number of hydrogen-bond donors (Lipinski definition) is 2. The van der Waals surface area contributed by atoms with E-state index in [2.05, 4.69) is 5.32 Å². The van der Waals surface area contributed by atoms with E-state index in [0.29, 0.717) is 16.5 Å². The van der Waals surface area contributed by atoms with E-state index in [-0.39, 0.29) is 11.9 Å². The molecule has 21 heavy (non-hydrogen) atoms. The highest BCUT2D eigenvalue weighted by Crippen LogP contribution is 2.22. The summed E-state index contributed by atoms with van der Waals surface area (Å²) in [6, 6.07) is 15.0. The zero-order valence-corrected chi connectivity index (χ0v) is 13.2. The van der Waals surface area contributed by atoms with Crippen molar-refractivity contribution in [2.24, 2.45) is 5.73 Å². The number of rotatable bonds is 5. The Balaban J connectivity index is 1.90. The van der Waals surface area contributed by atoms with Crippen molar-refractivity contribution in [3.05, 3.63) is 59.1 Å². The van der Waals surface area contributed by atoms with Gasteiger partial charge in [-0.2, -0.15) is 0 Å². The molecule has 3 nitrogen and oxygen atoms in total. The van der Waals surface area contributed by atoms with Crippen molar-refractivity contribution in [2.45, 2.75) is 17.9 Å². The van der Waals surface area contributed by atoms with Crippen LogP contribution in [-0.4, -0.2) is 11.7 Å². The Bertz CT molecular complexity index is 631. The van der Waals surface area contributed by atoms with Crippen molar-refractivity contribution in [3.8, 4) is 0 Å². The highest BCUT2D eigenvalue weighted by atomic mass is 35.5. The fourth-order valence-electron chi connectivity index (χ4n) is 1.80. The molecule has 0 bridgehead atoms. The van der Waals surface area contributed by atoms with Crippen LogP contribution in [0.3, 0.4) is 0 Å². The Hall–Kier alpha value is -1.49. The molecule has 0 heterocycles. The summed E-state index contributed by atoms with van der Waals surface area (Å²) in [5.74, 6) is 0.281. The molecular formula is C16H17ClN2OS. The second-order valence-corrected chi connectivity index (χ2v) is 6.19. The van der Waals surface area contributed by atoms with Crippen LogP contribution in [0.25, 0.3) is 0 Å². The molecule has 2 aromatic rings. The lowest BCUT2D eigenvalue weighted by Gasteiger charge is -2.08. The molecule has 2 rings (SSSR count). The highest BCUT2D eigenvalue weighted by molar-refractivity contribution is 8.00. The van der Waals surface area contributed by atoms with Gasteiger partial charge in [0.1, 0.15) is 0 Å². The second-order valence-electron chi connectivity index (χ2n) is 4.71. The standard InChI is InChI=1S/C16H17ClN2OS/c1-11(18)12-4-2-7-15(8-12)21-10-16(20)19-14-6-3-5-13(17)9-14/h2-9,11H,10,18H2,1H3,(H,19,20). The van der Waals surface area contributed by atoms with Crippen LogP contribution in [0.2, 0.25) is 5.02 Å². The van der Waals surface area contributed by atoms with Crippen LogP contribution in [0.5, 0.6) is 0 Å². The van der Waals surface area contributed by atoms with Gasteiger partial charge in [-0.15, -0.1) is 11.8 Å². The molecule has 1 amide bonds. The summed E-state index contributed by atoms with van der Waals surface area (Å²) >= 11 is 7.36. The maximum atomic E-state index is 11.9. The molecule has 0 aliphatic rings. The third-order valence-electron chi connectivity index (χ3n) is 2.86. The minimum atomic E-state index is -0.0616. The molecular weight excluding hydrogens is 304 g/mol. The molecule has 0 aliphatic carbocycles. The molecule has 0 fully saturated rings. The van der Waals surface area contributed by atoms with Gasteiger partial charge in [0.2, 0.25) is 5.91 Å². The third-order valence-corrected chi connectivity index (χ3v) is 4.09. The van der Waals surface area contributed by atoms with Crippen LogP contribution in [0.15, 0.2) is 53.4 Å². The van der Waals surface area contributed by atoms with Crippen LogP contribution in [0.1, 0.15) is 18.5 Å². The van der Waals surface area contributed by atoms with E-state index in [0.717, 1.165) is 10.5 Å². The van der Waals surface area contributed by atoms with E-state index in [4.69, 9.17) is 17.3 Å². The molecule has 1 atom stereocenters. The van der Waals surface area contributed by atoms with Gasteiger partial charge in [0.05, 0.1) is 5.75 Å². The van der Waals surface area contributed by atoms with E-state index < -0.39 is 0 Å². The first-order chi connectivity index (χ1) is 10.0. The van der Waals surface area contributed by atoms with Crippen LogP contribution in [0.4, 0.5) is 5.69 Å². The first-order valence-electron chi connectivity index (χ1n) is 6.58. The minimum absolute atomic E-state index is 0.00848. The lowest BCUT2D eigenvalue weighted by atomic mass is 10.1. The largest absolute Gasteiger partial charge is 0.325 e. The third kappa shape index (κ3) is 5.08. The topological polar surface area (TPSA) is 55.1 Å². The lowest BCUT2D eigenvalue weighted by Crippen LogP contribution is -2.13. The molecule has 0 saturated carbocycles. The fourth-order valence-corrected chi connectivity index (χ4v) is 2.75. The van der Waals surface area contributed by atoms with E-state index in [9.17, 15) is 4.79 Å². The molecule has 5 heteroatoms. The lowest BCUT2D eigenvalue weighted by molar-refractivity contribution is -0.113. The molecule has 1 unspecified atom stereocenters. The quantitative estimate of drug-likeness (QED) is 0.816. The number of amides is 1. The number of carbonyl (C=O) groups excluding carboxylic acids is 1. The molecule has 0 aliphatic heterocycles. The molecule has 2 aromatic carbocycles. The SMILES string of the molecule is CC(N)c1cccc(SCC(=O)Nc2cccc(Cl)c2)c1. The molecule has 3 N–H and O–H groups in total. The number of thioether (sulfide) groups is 1. The van der Waals surface area contributed by atoms with Crippen LogP contribution >= 0.6 is 23.4 Å². The van der Waals surface area contributed by atoms with Crippen LogP contribution in [-0.2, 0) is 4.79 Å². The molecule has 0 saturated heterocycles. The zero-order valence-electron chi connectivity index (χ0n) is 11.7. The van der Waals surface area contributed by atoms with Crippen LogP contribution < -0.4 is 11.1 Å². The smallest absolute Gasteiger partial charge is 0.234 e. The van der Waals surface area contributed by atoms with Crippen molar-refractivity contribution in [2.75, 3.05) is 11.1 Å². The maximum Gasteiger partial charge on any atom is 0.234 e. The predicted molar refractivity (Wildman–Crippen MR) is 89.9 cm³/mol. The molecule has 0 radical (unpaired) electrons. The number of nitrogens with two attached hydrogens (primary N) is 1. The number of nitrogens with one attached hydrogen (secondary N) is 1. The number of halogens is 1. The maximum absolute atomic E-state index is 11.9. The Morgan fingerprint density at radius 3 is 2.76 bits per heavy atom. The van der Waals surface area contributed by atoms with Crippen molar-refractivity contribution in [3.63, 3.8) is 0 Å². The summed E-state index contributed by atoms with van der Waals surface area (Å²) < 4.78 is 0. The summed E-state index contributed by atoms with van der Waals surface area (Å²) in [7, 11) is 0. The summed E-state index contributed by atoms with van der Waals surface area (Å²) in [5.41, 5.74) is 7.62. The van der Waals surface area contributed by atoms with E-state index in [1.54, 1.807) is 18.2 Å². The fraction of sp³-hybridized carbons (Fsp3) is 0.188. The summed E-state index contributed by atoms with van der Waals surface area (Å²) in [5, 5.41) is 3.42. The van der Waals surface area contributed by atoms with E-state index in [1.165, 1.54) is 11.8 Å². The summed E-state index contributed by atoms with van der Waals surface area (Å²) in [6.45, 7) is 1.94. The number of hydrogen-bond acceptors (Lipinski definition) is 3. The van der Waals surface area contributed by atoms with Gasteiger partial charge in [-0.1, -0.05) is 29.8 Å². The van der Waals surface area contributed by atoms with Gasteiger partial charge in [0.15, 0.2) is 0 Å². The number of carbonyl (C=O) groups is 1. The number of benzene rings is 2. The Morgan fingerprint density at radius 1 is 1.29 bits per heavy atom. The Morgan fingerprint density at radius 2 is 2.05 bits per heavy atom. The Labute approximate surface area is 133 Å². The van der Waals surface area contributed by atoms with Crippen molar-refractivity contribution >= 4 is 35.0 Å². The first-order valence-corrected chi connectivity index (χ1v) is 7.95. The van der Waals surface area contributed by atoms with E-state index in [1.807, 2.05) is 37.3 Å². The average molecular weight is 321 g/mol. The summed E-state index contributed by atoms with van der Waals surface area (Å²) in [6.07, 6.45) is 0. The normalized spacial score (nSPS) is 12.0. The van der Waals surface area contributed by atoms with Gasteiger partial charge >= 0.3 is 0 Å². The molecule has 0 aromatic heterocycles. The van der Waals surface area contributed by atoms with Gasteiger partial charge in [-0.25, -0.2) is 0 Å². The Kier molecular flexibility index (Phi) is 5.67. The first kappa shape index (κ1) is 15.9. The zero-order chi connectivity index (χ0) is 15.2. The number of anilines is 1. The van der Waals surface area contributed by atoms with Gasteiger partial charge in [0.25, 0.3) is 0 Å². The van der Waals surface area contributed by atoms with Gasteiger partial charge in [-0.05, 0) is 42.8 Å². The van der Waals surface area contributed by atoms with Crippen LogP contribution in [0, 0.1) is 0 Å². The van der Waals surface area contributed by atoms with Gasteiger partial charge in [0, 0.05) is 21.6 Å². The molecule has 0 spiro atoms. The summed E-state index contributed by atoms with van der Waals surface area (Å²) in [4.78, 5) is 12.9. The van der Waals surface area contributed by atoms with Crippen molar-refractivity contribution in [1.29, 1.82) is 0 Å². The average Bonchev–Trinajstić information content (AvgIpc) is 2.45. The highest BCUT2D eigenvalue weighted by Gasteiger charge is 2.06. The monoisotopic (exact) mass is 320 g/mol. The van der Waals surface area contributed by atoms with Gasteiger partial charge < -0.3 is 11.1 Å². The van der Waals surface area contributed by atoms with Crippen molar-refractivity contribution < 1.29 is 4.79 Å². The van der Waals surface area contributed by atoms with E-state index >= 15 is 0 Å². The minimum Gasteiger partial charge on any atom is -0.325 e. The predicted octanol–water partition coefficient (Wildman–Crippen LogP) is 4.09. The molecule has 110 valence electrons.